The Hall–Kier alpha value is -2.76. The Bertz CT molecular complexity index is 1570. The molecule has 2 saturated carbocycles. The van der Waals surface area contributed by atoms with Gasteiger partial charge in [0.25, 0.3) is 5.91 Å². The highest BCUT2D eigenvalue weighted by molar-refractivity contribution is 7.91. The third-order valence-electron chi connectivity index (χ3n) is 8.72. The number of carbonyl (C=O) groups is 1. The van der Waals surface area contributed by atoms with Crippen molar-refractivity contribution in [2.24, 2.45) is 17.6 Å². The number of pyridine rings is 2. The van der Waals surface area contributed by atoms with Crippen LogP contribution in [0.3, 0.4) is 0 Å². The van der Waals surface area contributed by atoms with Crippen LogP contribution in [0.15, 0.2) is 23.4 Å². The lowest BCUT2D eigenvalue weighted by Crippen LogP contribution is -2.49. The summed E-state index contributed by atoms with van der Waals surface area (Å²) >= 11 is 6.33. The van der Waals surface area contributed by atoms with E-state index in [0.29, 0.717) is 59.3 Å². The van der Waals surface area contributed by atoms with Crippen LogP contribution in [0.4, 0.5) is 5.95 Å². The number of aromatic nitrogens is 4. The van der Waals surface area contributed by atoms with Crippen LogP contribution in [0.1, 0.15) is 62.4 Å². The lowest BCUT2D eigenvalue weighted by atomic mass is 9.83. The third kappa shape index (κ3) is 4.96. The van der Waals surface area contributed by atoms with Crippen LogP contribution >= 0.6 is 11.6 Å². The van der Waals surface area contributed by atoms with Crippen molar-refractivity contribution in [1.82, 2.24) is 19.5 Å². The monoisotopic (exact) mass is 586 g/mol. The van der Waals surface area contributed by atoms with Crippen molar-refractivity contribution in [3.63, 3.8) is 0 Å². The van der Waals surface area contributed by atoms with Crippen molar-refractivity contribution < 1.29 is 17.9 Å². The third-order valence-corrected chi connectivity index (χ3v) is 10.1. The molecule has 2 aliphatic carbocycles. The Morgan fingerprint density at radius 3 is 2.62 bits per heavy atom. The summed E-state index contributed by atoms with van der Waals surface area (Å²) in [5, 5.41) is 0.398. The maximum Gasteiger partial charge on any atom is 0.268 e. The van der Waals surface area contributed by atoms with Gasteiger partial charge in [0.2, 0.25) is 5.95 Å². The fourth-order valence-corrected chi connectivity index (χ4v) is 7.93. The van der Waals surface area contributed by atoms with Crippen molar-refractivity contribution in [3.05, 3.63) is 29.2 Å². The smallest absolute Gasteiger partial charge is 0.268 e. The molecule has 2 atom stereocenters. The molecule has 4 heterocycles. The van der Waals surface area contributed by atoms with Gasteiger partial charge in [0.1, 0.15) is 16.1 Å². The highest BCUT2D eigenvalue weighted by Gasteiger charge is 2.40. The number of primary amides is 1. The Morgan fingerprint density at radius 2 is 1.93 bits per heavy atom. The van der Waals surface area contributed by atoms with E-state index >= 15 is 0 Å². The average Bonchev–Trinajstić information content (AvgIpc) is 3.53. The van der Waals surface area contributed by atoms with Gasteiger partial charge in [0.15, 0.2) is 9.84 Å². The molecule has 0 unspecified atom stereocenters. The average molecular weight is 587 g/mol. The first-order valence-corrected chi connectivity index (χ1v) is 16.3. The number of halogens is 1. The summed E-state index contributed by atoms with van der Waals surface area (Å²) in [6, 6.07) is 1.86. The van der Waals surface area contributed by atoms with Gasteiger partial charge in [0.05, 0.1) is 35.0 Å². The van der Waals surface area contributed by atoms with E-state index in [9.17, 15) is 13.2 Å². The highest BCUT2D eigenvalue weighted by atomic mass is 35.5. The summed E-state index contributed by atoms with van der Waals surface area (Å²) in [6.45, 7) is 4.17. The number of hydrogen-bond acceptors (Lipinski definition) is 8. The van der Waals surface area contributed by atoms with Crippen molar-refractivity contribution in [1.29, 1.82) is 0 Å². The van der Waals surface area contributed by atoms with E-state index in [-0.39, 0.29) is 28.3 Å². The Kier molecular flexibility index (Phi) is 7.25. The molecular weight excluding hydrogens is 552 g/mol. The number of imidazole rings is 1. The highest BCUT2D eigenvalue weighted by Crippen LogP contribution is 2.41. The van der Waals surface area contributed by atoms with Gasteiger partial charge in [-0.2, -0.15) is 0 Å². The number of sulfone groups is 1. The molecule has 1 amide bonds. The van der Waals surface area contributed by atoms with Gasteiger partial charge in [-0.3, -0.25) is 9.78 Å². The van der Waals surface area contributed by atoms with Gasteiger partial charge in [-0.15, -0.1) is 0 Å². The zero-order chi connectivity index (χ0) is 28.2. The molecule has 10 nitrogen and oxygen atoms in total. The van der Waals surface area contributed by atoms with Crippen LogP contribution in [0.2, 0.25) is 5.02 Å². The first-order valence-electron chi connectivity index (χ1n) is 14.0. The molecule has 0 bridgehead atoms. The second-order valence-corrected chi connectivity index (χ2v) is 14.0. The van der Waals surface area contributed by atoms with E-state index in [1.807, 2.05) is 0 Å². The number of amides is 1. The van der Waals surface area contributed by atoms with Gasteiger partial charge < -0.3 is 19.9 Å². The molecule has 0 aromatic carbocycles. The number of hydrogen-bond donors (Lipinski definition) is 1. The standard InChI is InChI=1S/C28H35ClN6O4S/c1-16-6-8-17(9-7-16)15-35-25-22(18-12-19(29)14-31-13-18)32-24(27(30)36)26(40(2,37)38)23(25)33-28(35)34-10-11-39-21-5-3-4-20(21)34/h12-14,16-17,20-21H,3-11,15H2,1-2H3,(H2,30,36)/t16-,17-,20-,21-/m1/s1. The molecule has 3 aromatic rings. The predicted molar refractivity (Wildman–Crippen MR) is 153 cm³/mol. The fraction of sp³-hybridized carbons (Fsp3) is 0.571. The second kappa shape index (κ2) is 10.6. The van der Waals surface area contributed by atoms with E-state index in [0.717, 1.165) is 51.2 Å². The minimum Gasteiger partial charge on any atom is -0.374 e. The summed E-state index contributed by atoms with van der Waals surface area (Å²) < 4.78 is 34.7. The maximum atomic E-state index is 13.2. The number of ether oxygens (including phenoxy) is 1. The largest absolute Gasteiger partial charge is 0.374 e. The number of morpholine rings is 1. The van der Waals surface area contributed by atoms with Crippen LogP contribution in [0, 0.1) is 11.8 Å². The summed E-state index contributed by atoms with van der Waals surface area (Å²) in [4.78, 5) is 28.6. The minimum absolute atomic E-state index is 0.114. The van der Waals surface area contributed by atoms with E-state index in [2.05, 4.69) is 26.4 Å². The predicted octanol–water partition coefficient (Wildman–Crippen LogP) is 4.23. The van der Waals surface area contributed by atoms with Crippen molar-refractivity contribution in [3.8, 4) is 11.3 Å². The Labute approximate surface area is 239 Å². The molecule has 1 aliphatic heterocycles. The van der Waals surface area contributed by atoms with Crippen molar-refractivity contribution in [2.75, 3.05) is 24.3 Å². The topological polar surface area (TPSA) is 133 Å². The van der Waals surface area contributed by atoms with Gasteiger partial charge in [-0.25, -0.2) is 18.4 Å². The molecule has 0 radical (unpaired) electrons. The minimum atomic E-state index is -3.93. The number of carbonyl (C=O) groups excluding carboxylic acids is 1. The molecule has 3 aromatic heterocycles. The van der Waals surface area contributed by atoms with Crippen LogP contribution in [-0.2, 0) is 21.1 Å². The lowest BCUT2D eigenvalue weighted by molar-refractivity contribution is 0.0247. The first-order chi connectivity index (χ1) is 19.1. The molecule has 0 spiro atoms. The Morgan fingerprint density at radius 1 is 1.15 bits per heavy atom. The van der Waals surface area contributed by atoms with Crippen molar-refractivity contribution >= 4 is 44.3 Å². The second-order valence-electron chi connectivity index (χ2n) is 11.6. The van der Waals surface area contributed by atoms with Crippen LogP contribution < -0.4 is 10.6 Å². The van der Waals surface area contributed by atoms with E-state index in [1.165, 1.54) is 6.20 Å². The van der Waals surface area contributed by atoms with Gasteiger partial charge in [0, 0.05) is 37.3 Å². The maximum absolute atomic E-state index is 13.2. The summed E-state index contributed by atoms with van der Waals surface area (Å²) in [5.41, 5.74) is 7.13. The van der Waals surface area contributed by atoms with Crippen molar-refractivity contribution in [2.45, 2.75) is 75.5 Å². The lowest BCUT2D eigenvalue weighted by Gasteiger charge is -2.39. The molecule has 6 rings (SSSR count). The molecule has 40 heavy (non-hydrogen) atoms. The van der Waals surface area contributed by atoms with E-state index in [1.54, 1.807) is 12.3 Å². The molecule has 2 N–H and O–H groups in total. The summed E-state index contributed by atoms with van der Waals surface area (Å²) in [6.07, 6.45) is 11.8. The molecule has 214 valence electrons. The summed E-state index contributed by atoms with van der Waals surface area (Å²) in [7, 11) is -3.93. The molecule has 3 aliphatic rings. The number of anilines is 1. The molecular formula is C28H35ClN6O4S. The number of rotatable bonds is 6. The number of nitrogens with two attached hydrogens (primary N) is 1. The zero-order valence-electron chi connectivity index (χ0n) is 22.8. The van der Waals surface area contributed by atoms with Crippen LogP contribution in [0.5, 0.6) is 0 Å². The van der Waals surface area contributed by atoms with Gasteiger partial charge in [-0.05, 0) is 50.0 Å². The zero-order valence-corrected chi connectivity index (χ0v) is 24.4. The fourth-order valence-electron chi connectivity index (χ4n) is 6.76. The first kappa shape index (κ1) is 27.4. The van der Waals surface area contributed by atoms with E-state index in [4.69, 9.17) is 27.1 Å². The molecule has 3 fully saturated rings. The van der Waals surface area contributed by atoms with Gasteiger partial charge in [-0.1, -0.05) is 31.4 Å². The normalized spacial score (nSPS) is 25.3. The number of fused-ring (bicyclic) bond motifs is 2. The molecule has 12 heteroatoms. The Balaban J connectivity index is 1.66. The van der Waals surface area contributed by atoms with E-state index < -0.39 is 15.7 Å². The van der Waals surface area contributed by atoms with Gasteiger partial charge >= 0.3 is 0 Å². The quantitative estimate of drug-likeness (QED) is 0.453. The molecule has 1 saturated heterocycles. The SMILES string of the molecule is CS(=O)(=O)c1c(C(N)=O)nc(-c2cncc(Cl)c2)c2c1nc(N1CCO[C@@H]3CCC[C@H]31)n2C[C@H]1CC[C@H](C)CC1. The number of nitrogens with zero attached hydrogens (tertiary/aromatic N) is 5. The van der Waals surface area contributed by atoms with Crippen LogP contribution in [0.25, 0.3) is 22.3 Å². The summed E-state index contributed by atoms with van der Waals surface area (Å²) in [5.74, 6) is 0.852. The van der Waals surface area contributed by atoms with Crippen LogP contribution in [-0.4, -0.2) is 65.4 Å².